The number of carbonyl (C=O) groups is 2. The average Bonchev–Trinajstić information content (AvgIpc) is 2.70. The number of hydrogen-bond donors (Lipinski definition) is 1. The van der Waals surface area contributed by atoms with Crippen molar-refractivity contribution in [2.75, 3.05) is 38.0 Å². The van der Waals surface area contributed by atoms with Crippen LogP contribution in [-0.2, 0) is 16.0 Å². The van der Waals surface area contributed by atoms with Gasteiger partial charge < -0.3 is 10.2 Å². The zero-order valence-electron chi connectivity index (χ0n) is 15.7. The Morgan fingerprint density at radius 2 is 1.62 bits per heavy atom. The zero-order chi connectivity index (χ0) is 20.8. The first-order valence-corrected chi connectivity index (χ1v) is 9.19. The zero-order valence-corrected chi connectivity index (χ0v) is 15.7. The number of anilines is 1. The highest BCUT2D eigenvalue weighted by Crippen LogP contribution is 2.14. The minimum absolute atomic E-state index is 0.00581. The number of hydrogen-bond acceptors (Lipinski definition) is 5. The normalized spacial score (nSPS) is 14.4. The van der Waals surface area contributed by atoms with Crippen LogP contribution in [0.5, 0.6) is 0 Å². The molecule has 8 nitrogen and oxygen atoms in total. The molecule has 0 spiro atoms. The fourth-order valence-electron chi connectivity index (χ4n) is 3.11. The van der Waals surface area contributed by atoms with Gasteiger partial charge in [-0.3, -0.25) is 24.6 Å². The lowest BCUT2D eigenvalue weighted by Crippen LogP contribution is -2.50. The van der Waals surface area contributed by atoms with Gasteiger partial charge >= 0.3 is 0 Å². The van der Waals surface area contributed by atoms with Gasteiger partial charge in [0.15, 0.2) is 0 Å². The first-order valence-electron chi connectivity index (χ1n) is 9.19. The van der Waals surface area contributed by atoms with Crippen LogP contribution < -0.4 is 5.32 Å². The lowest BCUT2D eigenvalue weighted by molar-refractivity contribution is -0.384. The summed E-state index contributed by atoms with van der Waals surface area (Å²) in [6.45, 7) is 2.36. The smallest absolute Gasteiger partial charge is 0.269 e. The molecule has 2 amide bonds. The second-order valence-electron chi connectivity index (χ2n) is 6.81. The number of non-ortho nitro benzene ring substituents is 1. The summed E-state index contributed by atoms with van der Waals surface area (Å²) in [5.74, 6) is -0.603. The molecule has 0 aliphatic carbocycles. The van der Waals surface area contributed by atoms with E-state index in [2.05, 4.69) is 5.32 Å². The summed E-state index contributed by atoms with van der Waals surface area (Å²) in [5.41, 5.74) is 1.25. The third-order valence-corrected chi connectivity index (χ3v) is 4.72. The number of halogens is 1. The van der Waals surface area contributed by atoms with E-state index in [0.29, 0.717) is 31.9 Å². The third-order valence-electron chi connectivity index (χ3n) is 4.72. The molecule has 0 atom stereocenters. The molecule has 0 radical (unpaired) electrons. The molecule has 1 saturated heterocycles. The Labute approximate surface area is 167 Å². The van der Waals surface area contributed by atoms with E-state index in [9.17, 15) is 24.1 Å². The average molecular weight is 400 g/mol. The number of nitro groups is 1. The Bertz CT molecular complexity index is 878. The lowest BCUT2D eigenvalue weighted by atomic mass is 10.1. The Hall–Kier alpha value is -3.33. The number of nitro benzene ring substituents is 1. The van der Waals surface area contributed by atoms with Gasteiger partial charge in [0, 0.05) is 44.0 Å². The largest absolute Gasteiger partial charge is 0.340 e. The highest BCUT2D eigenvalue weighted by molar-refractivity contribution is 5.92. The Morgan fingerprint density at radius 3 is 2.21 bits per heavy atom. The molecule has 3 rings (SSSR count). The number of amides is 2. The van der Waals surface area contributed by atoms with Crippen LogP contribution in [0.4, 0.5) is 15.8 Å². The quantitative estimate of drug-likeness (QED) is 0.592. The molecule has 2 aromatic carbocycles. The maximum atomic E-state index is 12.9. The monoisotopic (exact) mass is 400 g/mol. The van der Waals surface area contributed by atoms with Gasteiger partial charge in [0.05, 0.1) is 17.9 Å². The van der Waals surface area contributed by atoms with Crippen LogP contribution in [0.2, 0.25) is 0 Å². The molecule has 0 unspecified atom stereocenters. The molecular formula is C20H21FN4O4. The molecule has 9 heteroatoms. The van der Waals surface area contributed by atoms with Crippen molar-refractivity contribution in [3.05, 3.63) is 70.0 Å². The van der Waals surface area contributed by atoms with Crippen LogP contribution in [-0.4, -0.2) is 59.3 Å². The van der Waals surface area contributed by atoms with E-state index < -0.39 is 4.92 Å². The van der Waals surface area contributed by atoms with E-state index in [0.717, 1.165) is 5.56 Å². The number of nitrogens with one attached hydrogen (secondary N) is 1. The Balaban J connectivity index is 1.43. The molecule has 1 N–H and O–H groups in total. The standard InChI is InChI=1S/C20H21FN4O4/c21-16-3-5-17(6-4-16)22-19(26)14-23-9-11-24(12-10-23)20(27)13-15-1-7-18(8-2-15)25(28)29/h1-8H,9-14H2,(H,22,26). The van der Waals surface area contributed by atoms with Crippen molar-refractivity contribution in [2.24, 2.45) is 0 Å². The molecule has 2 aromatic rings. The first kappa shape index (κ1) is 20.4. The molecule has 152 valence electrons. The van der Waals surface area contributed by atoms with Crippen LogP contribution in [0, 0.1) is 15.9 Å². The van der Waals surface area contributed by atoms with E-state index in [1.165, 1.54) is 36.4 Å². The predicted molar refractivity (Wildman–Crippen MR) is 105 cm³/mol. The Morgan fingerprint density at radius 1 is 1.00 bits per heavy atom. The summed E-state index contributed by atoms with van der Waals surface area (Å²) in [5, 5.41) is 13.4. The summed E-state index contributed by atoms with van der Waals surface area (Å²) < 4.78 is 12.9. The molecule has 0 saturated carbocycles. The van der Waals surface area contributed by atoms with Crippen LogP contribution >= 0.6 is 0 Å². The SMILES string of the molecule is O=C(CN1CCN(C(=O)Cc2ccc([N+](=O)[O-])cc2)CC1)Nc1ccc(F)cc1. The topological polar surface area (TPSA) is 95.8 Å². The molecule has 1 fully saturated rings. The minimum Gasteiger partial charge on any atom is -0.340 e. The molecule has 0 aromatic heterocycles. The lowest BCUT2D eigenvalue weighted by Gasteiger charge is -2.34. The fourth-order valence-corrected chi connectivity index (χ4v) is 3.11. The van der Waals surface area contributed by atoms with Crippen molar-refractivity contribution in [3.8, 4) is 0 Å². The second-order valence-corrected chi connectivity index (χ2v) is 6.81. The summed E-state index contributed by atoms with van der Waals surface area (Å²) in [6.07, 6.45) is 0.184. The predicted octanol–water partition coefficient (Wildman–Crippen LogP) is 2.06. The van der Waals surface area contributed by atoms with E-state index in [-0.39, 0.29) is 36.3 Å². The maximum absolute atomic E-state index is 12.9. The van der Waals surface area contributed by atoms with Crippen molar-refractivity contribution < 1.29 is 18.9 Å². The molecule has 1 aliphatic heterocycles. The van der Waals surface area contributed by atoms with Crippen molar-refractivity contribution in [2.45, 2.75) is 6.42 Å². The van der Waals surface area contributed by atoms with Crippen LogP contribution in [0.1, 0.15) is 5.56 Å². The van der Waals surface area contributed by atoms with Gasteiger partial charge in [-0.05, 0) is 29.8 Å². The molecule has 1 aliphatic rings. The number of nitrogens with zero attached hydrogens (tertiary/aromatic N) is 3. The highest BCUT2D eigenvalue weighted by atomic mass is 19.1. The number of rotatable bonds is 6. The van der Waals surface area contributed by atoms with E-state index in [1.807, 2.05) is 4.90 Å². The summed E-state index contributed by atoms with van der Waals surface area (Å²) in [4.78, 5) is 38.5. The van der Waals surface area contributed by atoms with E-state index in [1.54, 1.807) is 17.0 Å². The summed E-state index contributed by atoms with van der Waals surface area (Å²) in [7, 11) is 0. The molecular weight excluding hydrogens is 379 g/mol. The van der Waals surface area contributed by atoms with Crippen molar-refractivity contribution in [1.82, 2.24) is 9.80 Å². The number of carbonyl (C=O) groups excluding carboxylic acids is 2. The van der Waals surface area contributed by atoms with Gasteiger partial charge in [0.2, 0.25) is 11.8 Å². The maximum Gasteiger partial charge on any atom is 0.269 e. The molecule has 29 heavy (non-hydrogen) atoms. The van der Waals surface area contributed by atoms with Gasteiger partial charge in [-0.1, -0.05) is 12.1 Å². The molecule has 0 bridgehead atoms. The van der Waals surface area contributed by atoms with Crippen LogP contribution in [0.3, 0.4) is 0 Å². The van der Waals surface area contributed by atoms with Crippen LogP contribution in [0.15, 0.2) is 48.5 Å². The van der Waals surface area contributed by atoms with E-state index in [4.69, 9.17) is 0 Å². The second kappa shape index (κ2) is 9.24. The van der Waals surface area contributed by atoms with Gasteiger partial charge in [-0.25, -0.2) is 4.39 Å². The fraction of sp³-hybridized carbons (Fsp3) is 0.300. The highest BCUT2D eigenvalue weighted by Gasteiger charge is 2.22. The van der Waals surface area contributed by atoms with Crippen molar-refractivity contribution in [3.63, 3.8) is 0 Å². The van der Waals surface area contributed by atoms with Crippen molar-refractivity contribution >= 4 is 23.2 Å². The molecule has 1 heterocycles. The van der Waals surface area contributed by atoms with Gasteiger partial charge in [0.1, 0.15) is 5.82 Å². The Kier molecular flexibility index (Phi) is 6.50. The van der Waals surface area contributed by atoms with E-state index >= 15 is 0 Å². The van der Waals surface area contributed by atoms with Crippen molar-refractivity contribution in [1.29, 1.82) is 0 Å². The van der Waals surface area contributed by atoms with Gasteiger partial charge in [-0.15, -0.1) is 0 Å². The van der Waals surface area contributed by atoms with Gasteiger partial charge in [-0.2, -0.15) is 0 Å². The first-order chi connectivity index (χ1) is 13.9. The number of benzene rings is 2. The number of piperazine rings is 1. The summed E-state index contributed by atoms with van der Waals surface area (Å²) in [6, 6.07) is 11.5. The van der Waals surface area contributed by atoms with Crippen LogP contribution in [0.25, 0.3) is 0 Å². The third kappa shape index (κ3) is 5.82. The minimum atomic E-state index is -0.475. The van der Waals surface area contributed by atoms with Gasteiger partial charge in [0.25, 0.3) is 5.69 Å². The summed E-state index contributed by atoms with van der Waals surface area (Å²) >= 11 is 0.